The van der Waals surface area contributed by atoms with E-state index in [1.165, 1.54) is 6.26 Å². The Balaban J connectivity index is 2.58. The monoisotopic (exact) mass is 232 g/mol. The van der Waals surface area contributed by atoms with E-state index in [2.05, 4.69) is 13.2 Å². The molecule has 3 heteroatoms. The first-order valence-electron chi connectivity index (χ1n) is 5.30. The van der Waals surface area contributed by atoms with Gasteiger partial charge in [-0.3, -0.25) is 0 Å². The van der Waals surface area contributed by atoms with Crippen LogP contribution in [0.5, 0.6) is 0 Å². The Morgan fingerprint density at radius 3 is 2.65 bits per heavy atom. The Morgan fingerprint density at radius 2 is 2.06 bits per heavy atom. The van der Waals surface area contributed by atoms with Gasteiger partial charge in [0, 0.05) is 11.5 Å². The second-order valence-electron chi connectivity index (χ2n) is 3.54. The van der Waals surface area contributed by atoms with E-state index in [0.717, 1.165) is 5.56 Å². The van der Waals surface area contributed by atoms with Crippen molar-refractivity contribution < 1.29 is 14.3 Å². The molecule has 1 aromatic rings. The first-order chi connectivity index (χ1) is 8.16. The van der Waals surface area contributed by atoms with Crippen molar-refractivity contribution in [3.05, 3.63) is 60.9 Å². The minimum Gasteiger partial charge on any atom is -0.466 e. The molecule has 0 saturated carbocycles. The van der Waals surface area contributed by atoms with Gasteiger partial charge in [0.05, 0.1) is 6.26 Å². The molecule has 0 fully saturated rings. The zero-order valence-corrected chi connectivity index (χ0v) is 9.89. The van der Waals surface area contributed by atoms with Crippen molar-refractivity contribution in [2.45, 2.75) is 12.8 Å². The third kappa shape index (κ3) is 3.79. The van der Waals surface area contributed by atoms with E-state index in [4.69, 9.17) is 9.47 Å². The molecule has 90 valence electrons. The molecule has 0 saturated heterocycles. The summed E-state index contributed by atoms with van der Waals surface area (Å²) in [6, 6.07) is 9.67. The lowest BCUT2D eigenvalue weighted by atomic mass is 9.94. The largest absolute Gasteiger partial charge is 0.466 e. The van der Waals surface area contributed by atoms with E-state index in [0.29, 0.717) is 5.57 Å². The van der Waals surface area contributed by atoms with Gasteiger partial charge in [-0.15, -0.1) is 0 Å². The van der Waals surface area contributed by atoms with E-state index in [1.807, 2.05) is 37.3 Å². The predicted octanol–water partition coefficient (Wildman–Crippen LogP) is 3.01. The van der Waals surface area contributed by atoms with Gasteiger partial charge in [-0.2, -0.15) is 0 Å². The summed E-state index contributed by atoms with van der Waals surface area (Å²) < 4.78 is 9.57. The second-order valence-corrected chi connectivity index (χ2v) is 3.54. The van der Waals surface area contributed by atoms with Crippen molar-refractivity contribution in [2.75, 3.05) is 6.79 Å². The Kier molecular flexibility index (Phi) is 5.01. The quantitative estimate of drug-likeness (QED) is 0.249. The Hall–Kier alpha value is -2.03. The molecular formula is C14H16O3. The third-order valence-electron chi connectivity index (χ3n) is 2.46. The van der Waals surface area contributed by atoms with Crippen molar-refractivity contribution in [2.24, 2.45) is 0 Å². The van der Waals surface area contributed by atoms with Crippen molar-refractivity contribution in [3.63, 3.8) is 0 Å². The standard InChI is InChI=1S/C14H16O3/c1-4-16-10-17-14(15)12(3)11(2)13-8-6-5-7-9-13/h4-9,11H,1,3,10H2,2H3. The SMILES string of the molecule is C=COCOC(=O)C(=C)C(C)c1ccccc1. The minimum absolute atomic E-state index is 0.0765. The predicted molar refractivity (Wildman–Crippen MR) is 66.2 cm³/mol. The lowest BCUT2D eigenvalue weighted by Crippen LogP contribution is -2.13. The Labute approximate surface area is 101 Å². The fourth-order valence-corrected chi connectivity index (χ4v) is 1.35. The van der Waals surface area contributed by atoms with Crippen LogP contribution in [0.2, 0.25) is 0 Å². The van der Waals surface area contributed by atoms with E-state index in [1.54, 1.807) is 0 Å². The van der Waals surface area contributed by atoms with E-state index in [-0.39, 0.29) is 12.7 Å². The number of carbonyl (C=O) groups is 1. The summed E-state index contributed by atoms with van der Waals surface area (Å²) in [7, 11) is 0. The van der Waals surface area contributed by atoms with Crippen LogP contribution in [0.25, 0.3) is 0 Å². The fourth-order valence-electron chi connectivity index (χ4n) is 1.35. The summed E-state index contributed by atoms with van der Waals surface area (Å²) in [6.07, 6.45) is 1.22. The van der Waals surface area contributed by atoms with Crippen LogP contribution in [0.15, 0.2) is 55.3 Å². The van der Waals surface area contributed by atoms with Crippen molar-refractivity contribution in [1.29, 1.82) is 0 Å². The molecule has 0 aliphatic rings. The number of ether oxygens (including phenoxy) is 2. The van der Waals surface area contributed by atoms with Crippen molar-refractivity contribution in [1.82, 2.24) is 0 Å². The summed E-state index contributed by atoms with van der Waals surface area (Å²) in [6.45, 7) is 8.88. The molecule has 0 radical (unpaired) electrons. The second kappa shape index (κ2) is 6.53. The first kappa shape index (κ1) is 13.0. The van der Waals surface area contributed by atoms with Crippen LogP contribution in [-0.2, 0) is 14.3 Å². The van der Waals surface area contributed by atoms with Crippen LogP contribution in [0.1, 0.15) is 18.4 Å². The molecule has 0 amide bonds. The zero-order chi connectivity index (χ0) is 12.7. The highest BCUT2D eigenvalue weighted by atomic mass is 16.7. The number of esters is 1. The maximum absolute atomic E-state index is 11.6. The molecule has 0 aliphatic heterocycles. The number of hydrogen-bond acceptors (Lipinski definition) is 3. The Bertz CT molecular complexity index is 395. The molecule has 1 aromatic carbocycles. The maximum atomic E-state index is 11.6. The zero-order valence-electron chi connectivity index (χ0n) is 9.89. The van der Waals surface area contributed by atoms with Gasteiger partial charge in [0.15, 0.2) is 0 Å². The molecular weight excluding hydrogens is 216 g/mol. The summed E-state index contributed by atoms with van der Waals surface area (Å²) in [5.41, 5.74) is 1.43. The topological polar surface area (TPSA) is 35.5 Å². The highest BCUT2D eigenvalue weighted by Crippen LogP contribution is 2.22. The number of carbonyl (C=O) groups excluding carboxylic acids is 1. The van der Waals surface area contributed by atoms with Crippen LogP contribution in [0.4, 0.5) is 0 Å². The van der Waals surface area contributed by atoms with Crippen molar-refractivity contribution >= 4 is 5.97 Å². The summed E-state index contributed by atoms with van der Waals surface area (Å²) >= 11 is 0. The van der Waals surface area contributed by atoms with Crippen molar-refractivity contribution in [3.8, 4) is 0 Å². The number of benzene rings is 1. The molecule has 0 N–H and O–H groups in total. The normalized spacial score (nSPS) is 11.4. The molecule has 0 bridgehead atoms. The van der Waals surface area contributed by atoms with Gasteiger partial charge < -0.3 is 9.47 Å². The lowest BCUT2D eigenvalue weighted by Gasteiger charge is -2.14. The van der Waals surface area contributed by atoms with Crippen LogP contribution < -0.4 is 0 Å². The Morgan fingerprint density at radius 1 is 1.41 bits per heavy atom. The van der Waals surface area contributed by atoms with Gasteiger partial charge in [-0.25, -0.2) is 4.79 Å². The van der Waals surface area contributed by atoms with E-state index < -0.39 is 5.97 Å². The van der Waals surface area contributed by atoms with Gasteiger partial charge in [-0.05, 0) is 5.56 Å². The first-order valence-corrected chi connectivity index (χ1v) is 5.30. The number of hydrogen-bond donors (Lipinski definition) is 0. The van der Waals surface area contributed by atoms with E-state index in [9.17, 15) is 4.79 Å². The fraction of sp³-hybridized carbons (Fsp3) is 0.214. The van der Waals surface area contributed by atoms with Gasteiger partial charge in [0.2, 0.25) is 6.79 Å². The molecule has 1 atom stereocenters. The maximum Gasteiger partial charge on any atom is 0.336 e. The minimum atomic E-state index is -0.455. The van der Waals surface area contributed by atoms with Gasteiger partial charge in [-0.1, -0.05) is 50.4 Å². The van der Waals surface area contributed by atoms with Crippen LogP contribution in [-0.4, -0.2) is 12.8 Å². The lowest BCUT2D eigenvalue weighted by molar-refractivity contribution is -0.147. The third-order valence-corrected chi connectivity index (χ3v) is 2.46. The molecule has 0 heterocycles. The molecule has 1 rings (SSSR count). The smallest absolute Gasteiger partial charge is 0.336 e. The highest BCUT2D eigenvalue weighted by molar-refractivity contribution is 5.89. The van der Waals surface area contributed by atoms with Gasteiger partial charge in [0.1, 0.15) is 0 Å². The molecule has 0 aromatic heterocycles. The summed E-state index contributed by atoms with van der Waals surface area (Å²) in [5, 5.41) is 0. The highest BCUT2D eigenvalue weighted by Gasteiger charge is 2.17. The molecule has 1 unspecified atom stereocenters. The van der Waals surface area contributed by atoms with Gasteiger partial charge in [0.25, 0.3) is 0 Å². The summed E-state index contributed by atoms with van der Waals surface area (Å²) in [5.74, 6) is -0.532. The van der Waals surface area contributed by atoms with Crippen LogP contribution in [0.3, 0.4) is 0 Å². The molecule has 0 aliphatic carbocycles. The van der Waals surface area contributed by atoms with Gasteiger partial charge >= 0.3 is 5.97 Å². The summed E-state index contributed by atoms with van der Waals surface area (Å²) in [4.78, 5) is 11.6. The van der Waals surface area contributed by atoms with Crippen LogP contribution in [0, 0.1) is 0 Å². The molecule has 3 nitrogen and oxygen atoms in total. The average molecular weight is 232 g/mol. The van der Waals surface area contributed by atoms with E-state index >= 15 is 0 Å². The average Bonchev–Trinajstić information content (AvgIpc) is 2.38. The number of rotatable bonds is 6. The molecule has 17 heavy (non-hydrogen) atoms. The molecule has 0 spiro atoms. The van der Waals surface area contributed by atoms with Crippen LogP contribution >= 0.6 is 0 Å².